The number of likely N-dealkylation sites (tertiary alicyclic amines) is 1. The summed E-state index contributed by atoms with van der Waals surface area (Å²) >= 11 is 0. The summed E-state index contributed by atoms with van der Waals surface area (Å²) in [7, 11) is 0. The molecule has 3 nitrogen and oxygen atoms in total. The number of piperidine rings is 1. The highest BCUT2D eigenvalue weighted by Crippen LogP contribution is 2.26. The van der Waals surface area contributed by atoms with Crippen molar-refractivity contribution >= 4 is 5.91 Å². The molecule has 1 aromatic rings. The smallest absolute Gasteiger partial charge is 0.224 e. The van der Waals surface area contributed by atoms with Crippen molar-refractivity contribution in [1.82, 2.24) is 10.2 Å². The highest BCUT2D eigenvalue weighted by atomic mass is 19.1. The van der Waals surface area contributed by atoms with Crippen molar-refractivity contribution in [2.75, 3.05) is 13.1 Å². The molecule has 1 aliphatic heterocycles. The van der Waals surface area contributed by atoms with Crippen molar-refractivity contribution in [2.45, 2.75) is 57.0 Å². The molecule has 1 N–H and O–H groups in total. The molecule has 120 valence electrons. The van der Waals surface area contributed by atoms with E-state index in [0.717, 1.165) is 37.5 Å². The Kier molecular flexibility index (Phi) is 5.08. The molecule has 1 saturated carbocycles. The van der Waals surface area contributed by atoms with Gasteiger partial charge in [0, 0.05) is 25.2 Å². The van der Waals surface area contributed by atoms with Crippen LogP contribution in [0, 0.1) is 5.82 Å². The molecule has 1 saturated heterocycles. The van der Waals surface area contributed by atoms with Crippen molar-refractivity contribution in [3.05, 3.63) is 35.6 Å². The molecule has 0 radical (unpaired) electrons. The van der Waals surface area contributed by atoms with E-state index in [0.29, 0.717) is 12.5 Å². The third-order valence-electron chi connectivity index (χ3n) is 5.01. The van der Waals surface area contributed by atoms with E-state index in [2.05, 4.69) is 10.2 Å². The Morgan fingerprint density at radius 3 is 2.36 bits per heavy atom. The summed E-state index contributed by atoms with van der Waals surface area (Å²) in [4.78, 5) is 14.7. The van der Waals surface area contributed by atoms with Gasteiger partial charge >= 0.3 is 0 Å². The Bertz CT molecular complexity index is 488. The SMILES string of the molecule is O=C(Cc1ccc(F)cc1)NC1CCN(C2CCCC2)CC1. The number of halogens is 1. The molecule has 1 heterocycles. The Morgan fingerprint density at radius 2 is 1.73 bits per heavy atom. The van der Waals surface area contributed by atoms with Gasteiger partial charge in [0.1, 0.15) is 5.82 Å². The Labute approximate surface area is 131 Å². The maximum atomic E-state index is 12.9. The molecule has 2 fully saturated rings. The zero-order chi connectivity index (χ0) is 15.4. The largest absolute Gasteiger partial charge is 0.353 e. The minimum absolute atomic E-state index is 0.0472. The second-order valence-corrected chi connectivity index (χ2v) is 6.62. The summed E-state index contributed by atoms with van der Waals surface area (Å²) in [6.07, 6.45) is 7.88. The predicted octanol–water partition coefficient (Wildman–Crippen LogP) is 2.89. The van der Waals surface area contributed by atoms with Crippen LogP contribution in [0.3, 0.4) is 0 Å². The van der Waals surface area contributed by atoms with Crippen molar-refractivity contribution in [3.8, 4) is 0 Å². The summed E-state index contributed by atoms with van der Waals surface area (Å²) in [5.74, 6) is -0.214. The number of nitrogens with zero attached hydrogens (tertiary/aromatic N) is 1. The van der Waals surface area contributed by atoms with Gasteiger partial charge in [0.15, 0.2) is 0 Å². The molecule has 0 aromatic heterocycles. The average molecular weight is 304 g/mol. The van der Waals surface area contributed by atoms with Gasteiger partial charge < -0.3 is 10.2 Å². The minimum Gasteiger partial charge on any atom is -0.353 e. The van der Waals surface area contributed by atoms with Gasteiger partial charge in [0.2, 0.25) is 5.91 Å². The van der Waals surface area contributed by atoms with E-state index >= 15 is 0 Å². The lowest BCUT2D eigenvalue weighted by Crippen LogP contribution is -2.47. The van der Waals surface area contributed by atoms with Crippen molar-refractivity contribution in [2.24, 2.45) is 0 Å². The molecule has 1 aromatic carbocycles. The van der Waals surface area contributed by atoms with Crippen LogP contribution in [0.4, 0.5) is 4.39 Å². The van der Waals surface area contributed by atoms with Crippen LogP contribution in [0.25, 0.3) is 0 Å². The maximum Gasteiger partial charge on any atom is 0.224 e. The molecule has 0 unspecified atom stereocenters. The predicted molar refractivity (Wildman–Crippen MR) is 85.1 cm³/mol. The first-order chi connectivity index (χ1) is 10.7. The van der Waals surface area contributed by atoms with Crippen molar-refractivity contribution in [3.63, 3.8) is 0 Å². The third kappa shape index (κ3) is 4.07. The van der Waals surface area contributed by atoms with Gasteiger partial charge in [-0.15, -0.1) is 0 Å². The zero-order valence-electron chi connectivity index (χ0n) is 13.1. The number of rotatable bonds is 4. The lowest BCUT2D eigenvalue weighted by molar-refractivity contribution is -0.121. The van der Waals surface area contributed by atoms with Crippen LogP contribution >= 0.6 is 0 Å². The van der Waals surface area contributed by atoms with Gasteiger partial charge in [0.05, 0.1) is 6.42 Å². The van der Waals surface area contributed by atoms with Gasteiger partial charge in [-0.1, -0.05) is 25.0 Å². The van der Waals surface area contributed by atoms with Gasteiger partial charge in [-0.3, -0.25) is 4.79 Å². The van der Waals surface area contributed by atoms with Crippen LogP contribution in [0.5, 0.6) is 0 Å². The maximum absolute atomic E-state index is 12.9. The molecular weight excluding hydrogens is 279 g/mol. The zero-order valence-corrected chi connectivity index (χ0v) is 13.1. The molecule has 0 spiro atoms. The first-order valence-electron chi connectivity index (χ1n) is 8.48. The Hall–Kier alpha value is -1.42. The fraction of sp³-hybridized carbons (Fsp3) is 0.611. The fourth-order valence-corrected chi connectivity index (χ4v) is 3.74. The highest BCUT2D eigenvalue weighted by molar-refractivity contribution is 5.78. The number of amides is 1. The molecule has 0 bridgehead atoms. The van der Waals surface area contributed by atoms with E-state index in [1.54, 1.807) is 12.1 Å². The van der Waals surface area contributed by atoms with Crippen LogP contribution in [-0.4, -0.2) is 36.0 Å². The number of hydrogen-bond donors (Lipinski definition) is 1. The third-order valence-corrected chi connectivity index (χ3v) is 5.01. The summed E-state index contributed by atoms with van der Waals surface area (Å²) in [6, 6.07) is 7.25. The molecule has 22 heavy (non-hydrogen) atoms. The molecule has 0 atom stereocenters. The minimum atomic E-state index is -0.261. The Balaban J connectivity index is 1.42. The van der Waals surface area contributed by atoms with Crippen molar-refractivity contribution < 1.29 is 9.18 Å². The molecule has 3 rings (SSSR count). The number of hydrogen-bond acceptors (Lipinski definition) is 2. The molecular formula is C18H25FN2O. The number of nitrogens with one attached hydrogen (secondary N) is 1. The number of carbonyl (C=O) groups is 1. The first-order valence-corrected chi connectivity index (χ1v) is 8.48. The van der Waals surface area contributed by atoms with E-state index in [1.165, 1.54) is 37.8 Å². The highest BCUT2D eigenvalue weighted by Gasteiger charge is 2.27. The van der Waals surface area contributed by atoms with E-state index in [9.17, 15) is 9.18 Å². The van der Waals surface area contributed by atoms with E-state index < -0.39 is 0 Å². The van der Waals surface area contributed by atoms with Crippen LogP contribution < -0.4 is 5.32 Å². The summed E-state index contributed by atoms with van der Waals surface area (Å²) in [5.41, 5.74) is 0.863. The van der Waals surface area contributed by atoms with Gasteiger partial charge in [-0.05, 0) is 43.4 Å². The molecule has 2 aliphatic rings. The van der Waals surface area contributed by atoms with E-state index in [-0.39, 0.29) is 11.7 Å². The van der Waals surface area contributed by atoms with Crippen LogP contribution in [0.1, 0.15) is 44.1 Å². The van der Waals surface area contributed by atoms with Gasteiger partial charge in [0.25, 0.3) is 0 Å². The molecule has 1 amide bonds. The van der Waals surface area contributed by atoms with Gasteiger partial charge in [-0.2, -0.15) is 0 Å². The normalized spacial score (nSPS) is 21.1. The number of benzene rings is 1. The summed E-state index contributed by atoms with van der Waals surface area (Å²) in [6.45, 7) is 2.21. The quantitative estimate of drug-likeness (QED) is 0.927. The second kappa shape index (κ2) is 7.23. The lowest BCUT2D eigenvalue weighted by atomic mass is 10.0. The fourth-order valence-electron chi connectivity index (χ4n) is 3.74. The summed E-state index contributed by atoms with van der Waals surface area (Å²) in [5, 5.41) is 3.13. The Morgan fingerprint density at radius 1 is 1.09 bits per heavy atom. The number of carbonyl (C=O) groups excluding carboxylic acids is 1. The molecule has 1 aliphatic carbocycles. The second-order valence-electron chi connectivity index (χ2n) is 6.62. The topological polar surface area (TPSA) is 32.3 Å². The van der Waals surface area contributed by atoms with Gasteiger partial charge in [-0.25, -0.2) is 4.39 Å². The van der Waals surface area contributed by atoms with E-state index in [1.807, 2.05) is 0 Å². The summed E-state index contributed by atoms with van der Waals surface area (Å²) < 4.78 is 12.9. The van der Waals surface area contributed by atoms with Crippen LogP contribution in [0.15, 0.2) is 24.3 Å². The van der Waals surface area contributed by atoms with Crippen molar-refractivity contribution in [1.29, 1.82) is 0 Å². The standard InChI is InChI=1S/C18H25FN2O/c19-15-7-5-14(6-8-15)13-18(22)20-16-9-11-21(12-10-16)17-3-1-2-4-17/h5-8,16-17H,1-4,9-13H2,(H,20,22). The van der Waals surface area contributed by atoms with Crippen LogP contribution in [0.2, 0.25) is 0 Å². The monoisotopic (exact) mass is 304 g/mol. The average Bonchev–Trinajstić information content (AvgIpc) is 3.05. The first kappa shape index (κ1) is 15.5. The van der Waals surface area contributed by atoms with E-state index in [4.69, 9.17) is 0 Å². The molecule has 4 heteroatoms. The van der Waals surface area contributed by atoms with Crippen LogP contribution in [-0.2, 0) is 11.2 Å². The lowest BCUT2D eigenvalue weighted by Gasteiger charge is -2.36.